The quantitative estimate of drug-likeness (QED) is 0.559. The molecule has 11 heavy (non-hydrogen) atoms. The molecule has 0 spiro atoms. The molecule has 0 rings (SSSR count). The van der Waals surface area contributed by atoms with Crippen molar-refractivity contribution >= 4 is 0 Å². The van der Waals surface area contributed by atoms with E-state index in [-0.39, 0.29) is 31.1 Å². The first-order valence-corrected chi connectivity index (χ1v) is 3.88. The van der Waals surface area contributed by atoms with Crippen molar-refractivity contribution in [3.8, 4) is 0 Å². The predicted octanol–water partition coefficient (Wildman–Crippen LogP) is 0.750. The van der Waals surface area contributed by atoms with E-state index in [4.69, 9.17) is 0 Å². The van der Waals surface area contributed by atoms with Gasteiger partial charge in [-0.05, 0) is 20.9 Å². The molecule has 0 aromatic carbocycles. The molecule has 0 aliphatic heterocycles. The first-order valence-electron chi connectivity index (χ1n) is 3.88. The van der Waals surface area contributed by atoms with Crippen molar-refractivity contribution in [3.63, 3.8) is 0 Å². The van der Waals surface area contributed by atoms with Crippen LogP contribution in [0, 0.1) is 38.0 Å². The normalized spacial score (nSPS) is 10.4. The third-order valence-corrected chi connectivity index (χ3v) is 1.70. The SMILES string of the molecule is [CH2-]CNCCN(C)C(C)C.[U]. The third kappa shape index (κ3) is 8.88. The van der Waals surface area contributed by atoms with Crippen molar-refractivity contribution in [2.24, 2.45) is 0 Å². The Morgan fingerprint density at radius 1 is 1.45 bits per heavy atom. The van der Waals surface area contributed by atoms with Gasteiger partial charge >= 0.3 is 0 Å². The van der Waals surface area contributed by atoms with Gasteiger partial charge in [0, 0.05) is 50.2 Å². The first kappa shape index (κ1) is 14.5. The van der Waals surface area contributed by atoms with Crippen LogP contribution in [-0.4, -0.2) is 37.6 Å². The van der Waals surface area contributed by atoms with Gasteiger partial charge in [-0.15, -0.1) is 6.54 Å². The van der Waals surface area contributed by atoms with Gasteiger partial charge in [-0.1, -0.05) is 0 Å². The summed E-state index contributed by atoms with van der Waals surface area (Å²) in [7, 11) is 2.13. The van der Waals surface area contributed by atoms with Gasteiger partial charge in [0.2, 0.25) is 0 Å². The number of hydrogen-bond donors (Lipinski definition) is 1. The minimum absolute atomic E-state index is 0. The summed E-state index contributed by atoms with van der Waals surface area (Å²) in [5.41, 5.74) is 0. The van der Waals surface area contributed by atoms with Crippen molar-refractivity contribution in [3.05, 3.63) is 6.92 Å². The Morgan fingerprint density at radius 2 is 2.00 bits per heavy atom. The fourth-order valence-electron chi connectivity index (χ4n) is 0.639. The van der Waals surface area contributed by atoms with Gasteiger partial charge in [-0.25, -0.2) is 0 Å². The molecule has 0 bridgehead atoms. The van der Waals surface area contributed by atoms with Gasteiger partial charge in [0.1, 0.15) is 0 Å². The summed E-state index contributed by atoms with van der Waals surface area (Å²) < 4.78 is 0. The van der Waals surface area contributed by atoms with Gasteiger partial charge in [0.15, 0.2) is 0 Å². The Kier molecular flexibility index (Phi) is 11.9. The molecule has 0 aliphatic rings. The maximum atomic E-state index is 3.70. The summed E-state index contributed by atoms with van der Waals surface area (Å²) in [4.78, 5) is 2.31. The van der Waals surface area contributed by atoms with E-state index >= 15 is 0 Å². The summed E-state index contributed by atoms with van der Waals surface area (Å²) in [6.45, 7) is 11.1. The minimum Gasteiger partial charge on any atom is -0.345 e. The molecule has 66 valence electrons. The predicted molar refractivity (Wildman–Crippen MR) is 46.0 cm³/mol. The van der Waals surface area contributed by atoms with Crippen LogP contribution in [0.25, 0.3) is 0 Å². The van der Waals surface area contributed by atoms with Gasteiger partial charge in [0.25, 0.3) is 0 Å². The van der Waals surface area contributed by atoms with Crippen LogP contribution in [0.5, 0.6) is 0 Å². The molecule has 2 nitrogen and oxygen atoms in total. The van der Waals surface area contributed by atoms with E-state index < -0.39 is 0 Å². The standard InChI is InChI=1S/C8H19N2.U/c1-5-9-6-7-10(4)8(2)3;/h8-9H,1,5-7H2,2-4H3;/q-1;. The van der Waals surface area contributed by atoms with Crippen LogP contribution in [0.1, 0.15) is 13.8 Å². The van der Waals surface area contributed by atoms with Gasteiger partial charge < -0.3 is 17.1 Å². The van der Waals surface area contributed by atoms with Crippen LogP contribution in [0.2, 0.25) is 0 Å². The molecule has 0 unspecified atom stereocenters. The Hall–Kier alpha value is 0.972. The maximum absolute atomic E-state index is 3.70. The van der Waals surface area contributed by atoms with Crippen LogP contribution >= 0.6 is 0 Å². The molecule has 0 atom stereocenters. The Morgan fingerprint density at radius 3 is 2.36 bits per heavy atom. The zero-order valence-electron chi connectivity index (χ0n) is 7.85. The zero-order chi connectivity index (χ0) is 7.98. The summed E-state index contributed by atoms with van der Waals surface area (Å²) in [6.07, 6.45) is 0. The van der Waals surface area contributed by atoms with E-state index in [1.54, 1.807) is 0 Å². The van der Waals surface area contributed by atoms with Crippen LogP contribution < -0.4 is 5.32 Å². The van der Waals surface area contributed by atoms with Crippen molar-refractivity contribution in [1.29, 1.82) is 0 Å². The molecule has 0 aromatic heterocycles. The minimum atomic E-state index is 0. The molecule has 1 N–H and O–H groups in total. The first-order chi connectivity index (χ1) is 4.68. The molecular weight excluding hydrogens is 362 g/mol. The smallest absolute Gasteiger partial charge is 0.0105 e. The molecule has 0 fully saturated rings. The van der Waals surface area contributed by atoms with Crippen LogP contribution in [0.4, 0.5) is 0 Å². The molecular formula is C8H19N2U-. The van der Waals surface area contributed by atoms with Crippen molar-refractivity contribution < 1.29 is 31.1 Å². The monoisotopic (exact) mass is 381 g/mol. The third-order valence-electron chi connectivity index (χ3n) is 1.70. The average Bonchev–Trinajstić information content (AvgIpc) is 1.88. The van der Waals surface area contributed by atoms with Crippen LogP contribution in [-0.2, 0) is 0 Å². The molecule has 0 heterocycles. The topological polar surface area (TPSA) is 15.3 Å². The molecule has 0 saturated carbocycles. The van der Waals surface area contributed by atoms with E-state index in [9.17, 15) is 0 Å². The Balaban J connectivity index is 0. The fraction of sp³-hybridized carbons (Fsp3) is 0.875. The summed E-state index contributed by atoms with van der Waals surface area (Å²) in [6, 6.07) is 0.645. The van der Waals surface area contributed by atoms with E-state index in [2.05, 4.69) is 38.0 Å². The van der Waals surface area contributed by atoms with Gasteiger partial charge in [-0.2, -0.15) is 0 Å². The van der Waals surface area contributed by atoms with E-state index in [0.29, 0.717) is 6.04 Å². The maximum Gasteiger partial charge on any atom is 0.0105 e. The second kappa shape index (κ2) is 9.06. The largest absolute Gasteiger partial charge is 0.345 e. The Bertz CT molecular complexity index is 76.5. The zero-order valence-corrected chi connectivity index (χ0v) is 12.0. The van der Waals surface area contributed by atoms with Crippen molar-refractivity contribution in [2.75, 3.05) is 26.7 Å². The van der Waals surface area contributed by atoms with Gasteiger partial charge in [0.05, 0.1) is 0 Å². The molecule has 0 saturated heterocycles. The van der Waals surface area contributed by atoms with Crippen LogP contribution in [0.3, 0.4) is 0 Å². The number of hydrogen-bond acceptors (Lipinski definition) is 2. The summed E-state index contributed by atoms with van der Waals surface area (Å²) in [5.74, 6) is 0. The number of rotatable bonds is 5. The second-order valence-corrected chi connectivity index (χ2v) is 2.82. The Labute approximate surface area is 94.5 Å². The number of likely N-dealkylation sites (N-methyl/N-ethyl adjacent to an activating group) is 1. The average molecular weight is 381 g/mol. The van der Waals surface area contributed by atoms with Gasteiger partial charge in [-0.3, -0.25) is 0 Å². The summed E-state index contributed by atoms with van der Waals surface area (Å²) in [5, 5.41) is 3.18. The molecule has 0 radical (unpaired) electrons. The van der Waals surface area contributed by atoms with E-state index in [1.807, 2.05) is 0 Å². The molecule has 0 aliphatic carbocycles. The van der Waals surface area contributed by atoms with Crippen molar-refractivity contribution in [1.82, 2.24) is 10.2 Å². The van der Waals surface area contributed by atoms with E-state index in [0.717, 1.165) is 19.6 Å². The summed E-state index contributed by atoms with van der Waals surface area (Å²) >= 11 is 0. The number of nitrogens with one attached hydrogen (secondary N) is 1. The molecule has 0 aromatic rings. The number of nitrogens with zero attached hydrogens (tertiary/aromatic N) is 1. The molecule has 0 amide bonds. The molecule has 3 heteroatoms. The van der Waals surface area contributed by atoms with Crippen LogP contribution in [0.15, 0.2) is 0 Å². The fourth-order valence-corrected chi connectivity index (χ4v) is 0.639. The van der Waals surface area contributed by atoms with Crippen molar-refractivity contribution in [2.45, 2.75) is 19.9 Å². The van der Waals surface area contributed by atoms with E-state index in [1.165, 1.54) is 0 Å². The second-order valence-electron chi connectivity index (χ2n) is 2.82.